The van der Waals surface area contributed by atoms with Crippen molar-refractivity contribution in [2.45, 2.75) is 46.1 Å². The van der Waals surface area contributed by atoms with Crippen molar-refractivity contribution < 1.29 is 0 Å². The second-order valence-corrected chi connectivity index (χ2v) is 4.92. The molecule has 0 amide bonds. The van der Waals surface area contributed by atoms with Gasteiger partial charge in [0.15, 0.2) is 0 Å². The van der Waals surface area contributed by atoms with Crippen molar-refractivity contribution in [3.05, 3.63) is 22.9 Å². The number of nitrogens with zero attached hydrogens (tertiary/aromatic N) is 1. The molecule has 0 radical (unpaired) electrons. The summed E-state index contributed by atoms with van der Waals surface area (Å²) in [6, 6.07) is 2.17. The van der Waals surface area contributed by atoms with Gasteiger partial charge < -0.3 is 5.32 Å². The maximum absolute atomic E-state index is 4.56. The molecule has 0 unspecified atom stereocenters. The van der Waals surface area contributed by atoms with E-state index in [1.807, 2.05) is 0 Å². The average Bonchev–Trinajstić information content (AvgIpc) is 2.00. The maximum atomic E-state index is 4.56. The molecule has 1 aliphatic heterocycles. The predicted molar refractivity (Wildman–Crippen MR) is 59.7 cm³/mol. The summed E-state index contributed by atoms with van der Waals surface area (Å²) >= 11 is 0. The average molecular weight is 190 g/mol. The van der Waals surface area contributed by atoms with Crippen LogP contribution in [0.1, 0.15) is 37.1 Å². The minimum absolute atomic E-state index is 0.195. The van der Waals surface area contributed by atoms with Crippen molar-refractivity contribution in [3.8, 4) is 0 Å². The molecule has 0 saturated carbocycles. The third-order valence-corrected chi connectivity index (χ3v) is 2.93. The van der Waals surface area contributed by atoms with E-state index in [1.54, 1.807) is 0 Å². The van der Waals surface area contributed by atoms with Gasteiger partial charge in [-0.25, -0.2) is 4.98 Å². The molecule has 0 fully saturated rings. The number of rotatable bonds is 0. The van der Waals surface area contributed by atoms with Crippen LogP contribution in [0.5, 0.6) is 0 Å². The lowest BCUT2D eigenvalue weighted by atomic mass is 9.89. The lowest BCUT2D eigenvalue weighted by Gasteiger charge is -2.33. The van der Waals surface area contributed by atoms with E-state index in [0.29, 0.717) is 0 Å². The Labute approximate surface area is 85.7 Å². The topological polar surface area (TPSA) is 24.9 Å². The molecule has 0 saturated heterocycles. The van der Waals surface area contributed by atoms with E-state index >= 15 is 0 Å². The van der Waals surface area contributed by atoms with Gasteiger partial charge in [-0.2, -0.15) is 0 Å². The van der Waals surface area contributed by atoms with Gasteiger partial charge in [0.1, 0.15) is 5.82 Å². The van der Waals surface area contributed by atoms with Gasteiger partial charge in [-0.1, -0.05) is 0 Å². The van der Waals surface area contributed by atoms with Crippen LogP contribution in [0.15, 0.2) is 6.07 Å². The molecule has 1 N–H and O–H groups in total. The van der Waals surface area contributed by atoms with Crippen molar-refractivity contribution in [2.24, 2.45) is 0 Å². The Morgan fingerprint density at radius 1 is 1.36 bits per heavy atom. The molecule has 2 heterocycles. The molecule has 0 aliphatic carbocycles. The zero-order valence-corrected chi connectivity index (χ0v) is 9.44. The van der Waals surface area contributed by atoms with Crippen LogP contribution in [0.4, 0.5) is 5.82 Å². The van der Waals surface area contributed by atoms with Crippen molar-refractivity contribution >= 4 is 5.82 Å². The van der Waals surface area contributed by atoms with E-state index in [9.17, 15) is 0 Å². The second kappa shape index (κ2) is 2.97. The van der Waals surface area contributed by atoms with E-state index < -0.39 is 0 Å². The summed E-state index contributed by atoms with van der Waals surface area (Å²) in [5, 5.41) is 3.51. The fraction of sp³-hybridized carbons (Fsp3) is 0.583. The van der Waals surface area contributed by atoms with Crippen LogP contribution in [0.3, 0.4) is 0 Å². The van der Waals surface area contributed by atoms with E-state index in [-0.39, 0.29) is 5.54 Å². The summed E-state index contributed by atoms with van der Waals surface area (Å²) < 4.78 is 0. The van der Waals surface area contributed by atoms with Crippen LogP contribution in [0, 0.1) is 13.8 Å². The molecule has 0 aromatic carbocycles. The molecule has 14 heavy (non-hydrogen) atoms. The molecule has 1 aromatic rings. The highest BCUT2D eigenvalue weighted by atomic mass is 15.1. The fourth-order valence-corrected chi connectivity index (χ4v) is 2.10. The Balaban J connectivity index is 2.47. The van der Waals surface area contributed by atoms with Gasteiger partial charge in [-0.3, -0.25) is 0 Å². The van der Waals surface area contributed by atoms with Gasteiger partial charge in [0, 0.05) is 11.2 Å². The molecule has 0 atom stereocenters. The third-order valence-electron chi connectivity index (χ3n) is 2.93. The van der Waals surface area contributed by atoms with Gasteiger partial charge in [0.25, 0.3) is 0 Å². The number of fused-ring (bicyclic) bond motifs is 1. The molecule has 2 heteroatoms. The maximum Gasteiger partial charge on any atom is 0.130 e. The van der Waals surface area contributed by atoms with Gasteiger partial charge in [0.05, 0.1) is 0 Å². The van der Waals surface area contributed by atoms with Crippen LogP contribution in [0.25, 0.3) is 0 Å². The molecular formula is C12H18N2. The zero-order chi connectivity index (χ0) is 10.3. The first-order valence-electron chi connectivity index (χ1n) is 5.23. The minimum Gasteiger partial charge on any atom is -0.365 e. The van der Waals surface area contributed by atoms with Gasteiger partial charge in [-0.15, -0.1) is 0 Å². The van der Waals surface area contributed by atoms with E-state index in [1.165, 1.54) is 17.5 Å². The number of nitrogens with one attached hydrogen (secondary N) is 1. The first-order chi connectivity index (χ1) is 6.48. The summed E-state index contributed by atoms with van der Waals surface area (Å²) in [4.78, 5) is 4.56. The Bertz CT molecular complexity index is 367. The van der Waals surface area contributed by atoms with Crippen molar-refractivity contribution in [3.63, 3.8) is 0 Å². The Hall–Kier alpha value is -1.05. The highest BCUT2D eigenvalue weighted by molar-refractivity contribution is 5.53. The minimum atomic E-state index is 0.195. The standard InChI is InChI=1S/C12H18N2/c1-8-7-9(2)13-11-10(8)5-6-12(3,4)14-11/h7H,5-6H2,1-4H3,(H,13,14). The van der Waals surface area contributed by atoms with Gasteiger partial charge in [-0.05, 0) is 57.7 Å². The van der Waals surface area contributed by atoms with E-state index in [4.69, 9.17) is 0 Å². The van der Waals surface area contributed by atoms with Crippen LogP contribution in [-0.2, 0) is 6.42 Å². The van der Waals surface area contributed by atoms with E-state index in [0.717, 1.165) is 17.9 Å². The van der Waals surface area contributed by atoms with E-state index in [2.05, 4.69) is 44.1 Å². The molecule has 2 rings (SSSR count). The molecule has 1 aliphatic rings. The normalized spacial score (nSPS) is 18.6. The van der Waals surface area contributed by atoms with Gasteiger partial charge >= 0.3 is 0 Å². The molecule has 2 nitrogen and oxygen atoms in total. The molecule has 76 valence electrons. The summed E-state index contributed by atoms with van der Waals surface area (Å²) in [6.45, 7) is 8.69. The lowest BCUT2D eigenvalue weighted by molar-refractivity contribution is 0.497. The monoisotopic (exact) mass is 190 g/mol. The summed E-state index contributed by atoms with van der Waals surface area (Å²) in [5.74, 6) is 1.10. The predicted octanol–water partition coefficient (Wildman–Crippen LogP) is 2.84. The quantitative estimate of drug-likeness (QED) is 0.680. The third kappa shape index (κ3) is 1.61. The first-order valence-corrected chi connectivity index (χ1v) is 5.23. The number of hydrogen-bond acceptors (Lipinski definition) is 2. The number of pyridine rings is 1. The SMILES string of the molecule is Cc1cc(C)c2c(n1)NC(C)(C)CC2. The van der Waals surface area contributed by atoms with Crippen LogP contribution in [-0.4, -0.2) is 10.5 Å². The van der Waals surface area contributed by atoms with Crippen molar-refractivity contribution in [2.75, 3.05) is 5.32 Å². The lowest BCUT2D eigenvalue weighted by Crippen LogP contribution is -2.36. The fourth-order valence-electron chi connectivity index (χ4n) is 2.10. The number of aryl methyl sites for hydroxylation is 2. The highest BCUT2D eigenvalue weighted by Gasteiger charge is 2.25. The summed E-state index contributed by atoms with van der Waals surface area (Å²) in [6.07, 6.45) is 2.33. The summed E-state index contributed by atoms with van der Waals surface area (Å²) in [5.41, 5.74) is 4.07. The Morgan fingerprint density at radius 2 is 2.07 bits per heavy atom. The molecular weight excluding hydrogens is 172 g/mol. The number of aromatic nitrogens is 1. The van der Waals surface area contributed by atoms with Crippen molar-refractivity contribution in [1.82, 2.24) is 4.98 Å². The highest BCUT2D eigenvalue weighted by Crippen LogP contribution is 2.31. The van der Waals surface area contributed by atoms with Crippen LogP contribution in [0.2, 0.25) is 0 Å². The second-order valence-electron chi connectivity index (χ2n) is 4.92. The van der Waals surface area contributed by atoms with Crippen molar-refractivity contribution in [1.29, 1.82) is 0 Å². The Kier molecular flexibility index (Phi) is 2.02. The first kappa shape index (κ1) is 9.50. The summed E-state index contributed by atoms with van der Waals surface area (Å²) in [7, 11) is 0. The largest absolute Gasteiger partial charge is 0.365 e. The molecule has 0 spiro atoms. The smallest absolute Gasteiger partial charge is 0.130 e. The molecule has 0 bridgehead atoms. The Morgan fingerprint density at radius 3 is 2.79 bits per heavy atom. The zero-order valence-electron chi connectivity index (χ0n) is 9.44. The van der Waals surface area contributed by atoms with Crippen LogP contribution >= 0.6 is 0 Å². The number of hydrogen-bond donors (Lipinski definition) is 1. The number of anilines is 1. The van der Waals surface area contributed by atoms with Gasteiger partial charge in [0.2, 0.25) is 0 Å². The molecule has 1 aromatic heterocycles. The van der Waals surface area contributed by atoms with Crippen LogP contribution < -0.4 is 5.32 Å².